The number of nitrogens with zero attached hydrogens (tertiary/aromatic N) is 1. The Balaban J connectivity index is 1.67. The first-order chi connectivity index (χ1) is 11.0. The number of rotatable bonds is 7. The molecule has 2 heterocycles. The van der Waals surface area contributed by atoms with E-state index in [9.17, 15) is 14.4 Å². The highest BCUT2D eigenvalue weighted by Crippen LogP contribution is 2.18. The molecule has 7 heteroatoms. The van der Waals surface area contributed by atoms with Crippen LogP contribution in [0.25, 0.3) is 0 Å². The molecule has 2 N–H and O–H groups in total. The summed E-state index contributed by atoms with van der Waals surface area (Å²) in [6, 6.07) is 1.57. The van der Waals surface area contributed by atoms with Crippen LogP contribution in [0.4, 0.5) is 0 Å². The molecule has 1 aliphatic rings. The lowest BCUT2D eigenvalue weighted by atomic mass is 10.1. The van der Waals surface area contributed by atoms with Crippen molar-refractivity contribution in [2.24, 2.45) is 11.8 Å². The van der Waals surface area contributed by atoms with Crippen molar-refractivity contribution in [3.05, 3.63) is 24.2 Å². The average molecular weight is 321 g/mol. The largest absolute Gasteiger partial charge is 0.472 e. The zero-order chi connectivity index (χ0) is 16.8. The van der Waals surface area contributed by atoms with Crippen LogP contribution < -0.4 is 10.6 Å². The SMILES string of the molecule is CC(C)CN1C[C@@H](C(=O)NCCNC(=O)c2ccoc2)CC1=O. The van der Waals surface area contributed by atoms with Gasteiger partial charge < -0.3 is 20.0 Å². The first-order valence-corrected chi connectivity index (χ1v) is 7.83. The van der Waals surface area contributed by atoms with Crippen LogP contribution in [0, 0.1) is 11.8 Å². The molecule has 1 saturated heterocycles. The zero-order valence-electron chi connectivity index (χ0n) is 13.5. The van der Waals surface area contributed by atoms with Crippen molar-refractivity contribution >= 4 is 17.7 Å². The van der Waals surface area contributed by atoms with Crippen LogP contribution in [0.15, 0.2) is 23.0 Å². The molecule has 7 nitrogen and oxygen atoms in total. The van der Waals surface area contributed by atoms with Crippen molar-refractivity contribution in [1.82, 2.24) is 15.5 Å². The number of carbonyl (C=O) groups is 3. The summed E-state index contributed by atoms with van der Waals surface area (Å²) in [4.78, 5) is 37.3. The Morgan fingerprint density at radius 3 is 2.74 bits per heavy atom. The monoisotopic (exact) mass is 321 g/mol. The third-order valence-corrected chi connectivity index (χ3v) is 3.66. The van der Waals surface area contributed by atoms with Gasteiger partial charge in [-0.2, -0.15) is 0 Å². The van der Waals surface area contributed by atoms with E-state index in [1.54, 1.807) is 11.0 Å². The van der Waals surface area contributed by atoms with E-state index in [-0.39, 0.29) is 30.1 Å². The van der Waals surface area contributed by atoms with Crippen molar-refractivity contribution in [2.45, 2.75) is 20.3 Å². The number of hydrogen-bond donors (Lipinski definition) is 2. The van der Waals surface area contributed by atoms with E-state index in [0.717, 1.165) is 0 Å². The van der Waals surface area contributed by atoms with Gasteiger partial charge >= 0.3 is 0 Å². The molecule has 1 aromatic heterocycles. The molecule has 0 saturated carbocycles. The molecule has 0 aromatic carbocycles. The first-order valence-electron chi connectivity index (χ1n) is 7.83. The molecule has 0 radical (unpaired) electrons. The van der Waals surface area contributed by atoms with Gasteiger partial charge in [0.1, 0.15) is 6.26 Å². The molecule has 0 unspecified atom stereocenters. The molecule has 1 atom stereocenters. The summed E-state index contributed by atoms with van der Waals surface area (Å²) >= 11 is 0. The normalized spacial score (nSPS) is 17.6. The van der Waals surface area contributed by atoms with Crippen molar-refractivity contribution < 1.29 is 18.8 Å². The summed E-state index contributed by atoms with van der Waals surface area (Å²) in [7, 11) is 0. The van der Waals surface area contributed by atoms with Crippen LogP contribution in [0.3, 0.4) is 0 Å². The molecule has 126 valence electrons. The summed E-state index contributed by atoms with van der Waals surface area (Å²) in [5, 5.41) is 5.45. The number of amides is 3. The van der Waals surface area contributed by atoms with Crippen LogP contribution in [0.1, 0.15) is 30.6 Å². The Bertz CT molecular complexity index is 554. The molecule has 0 spiro atoms. The van der Waals surface area contributed by atoms with Crippen molar-refractivity contribution in [3.63, 3.8) is 0 Å². The maximum absolute atomic E-state index is 12.1. The molecule has 0 aliphatic carbocycles. The van der Waals surface area contributed by atoms with Gasteiger partial charge in [0, 0.05) is 32.6 Å². The Kier molecular flexibility index (Phi) is 5.78. The van der Waals surface area contributed by atoms with Gasteiger partial charge in [-0.3, -0.25) is 14.4 Å². The fourth-order valence-electron chi connectivity index (χ4n) is 2.57. The van der Waals surface area contributed by atoms with Gasteiger partial charge in [0.15, 0.2) is 0 Å². The van der Waals surface area contributed by atoms with Gasteiger partial charge in [0.25, 0.3) is 5.91 Å². The van der Waals surface area contributed by atoms with Gasteiger partial charge in [-0.15, -0.1) is 0 Å². The van der Waals surface area contributed by atoms with E-state index < -0.39 is 0 Å². The van der Waals surface area contributed by atoms with E-state index in [4.69, 9.17) is 4.42 Å². The second-order valence-electron chi connectivity index (χ2n) is 6.15. The second-order valence-corrected chi connectivity index (χ2v) is 6.15. The van der Waals surface area contributed by atoms with Gasteiger partial charge in [-0.1, -0.05) is 13.8 Å². The third-order valence-electron chi connectivity index (χ3n) is 3.66. The highest BCUT2D eigenvalue weighted by atomic mass is 16.3. The van der Waals surface area contributed by atoms with Crippen LogP contribution in [-0.2, 0) is 9.59 Å². The zero-order valence-corrected chi connectivity index (χ0v) is 13.5. The van der Waals surface area contributed by atoms with Crippen LogP contribution in [-0.4, -0.2) is 48.8 Å². The Hall–Kier alpha value is -2.31. The van der Waals surface area contributed by atoms with Crippen LogP contribution >= 0.6 is 0 Å². The standard InChI is InChI=1S/C16H23N3O4/c1-11(2)8-19-9-13(7-14(19)20)16(22)18-5-4-17-15(21)12-3-6-23-10-12/h3,6,10-11,13H,4-5,7-9H2,1-2H3,(H,17,21)(H,18,22)/t13-/m0/s1. The topological polar surface area (TPSA) is 91.7 Å². The molecule has 1 aliphatic heterocycles. The molecule has 0 bridgehead atoms. The molecule has 1 aromatic rings. The lowest BCUT2D eigenvalue weighted by Gasteiger charge is -2.18. The molecule has 2 rings (SSSR count). The smallest absolute Gasteiger partial charge is 0.254 e. The summed E-state index contributed by atoms with van der Waals surface area (Å²) in [6.07, 6.45) is 3.05. The number of hydrogen-bond acceptors (Lipinski definition) is 4. The molecule has 1 fully saturated rings. The van der Waals surface area contributed by atoms with E-state index in [1.165, 1.54) is 12.5 Å². The highest BCUT2D eigenvalue weighted by Gasteiger charge is 2.34. The molecular formula is C16H23N3O4. The lowest BCUT2D eigenvalue weighted by molar-refractivity contribution is -0.129. The average Bonchev–Trinajstić information content (AvgIpc) is 3.13. The lowest BCUT2D eigenvalue weighted by Crippen LogP contribution is -2.38. The highest BCUT2D eigenvalue weighted by molar-refractivity contribution is 5.93. The van der Waals surface area contributed by atoms with Crippen molar-refractivity contribution in [2.75, 3.05) is 26.2 Å². The molecular weight excluding hydrogens is 298 g/mol. The summed E-state index contributed by atoms with van der Waals surface area (Å²) in [5.74, 6) is -0.258. The fourth-order valence-corrected chi connectivity index (χ4v) is 2.57. The van der Waals surface area contributed by atoms with E-state index in [1.807, 2.05) is 13.8 Å². The van der Waals surface area contributed by atoms with Crippen LogP contribution in [0.2, 0.25) is 0 Å². The predicted molar refractivity (Wildman–Crippen MR) is 83.6 cm³/mol. The number of likely N-dealkylation sites (tertiary alicyclic amines) is 1. The third kappa shape index (κ3) is 4.84. The summed E-state index contributed by atoms with van der Waals surface area (Å²) in [5.41, 5.74) is 0.446. The summed E-state index contributed by atoms with van der Waals surface area (Å²) < 4.78 is 4.83. The second kappa shape index (κ2) is 7.80. The molecule has 23 heavy (non-hydrogen) atoms. The Labute approximate surface area is 135 Å². The predicted octanol–water partition coefficient (Wildman–Crippen LogP) is 0.630. The maximum Gasteiger partial charge on any atom is 0.254 e. The molecule has 3 amide bonds. The number of furan rings is 1. The minimum Gasteiger partial charge on any atom is -0.472 e. The fraction of sp³-hybridized carbons (Fsp3) is 0.562. The summed E-state index contributed by atoms with van der Waals surface area (Å²) in [6.45, 7) is 5.91. The minimum absolute atomic E-state index is 0.0344. The Morgan fingerprint density at radius 2 is 2.09 bits per heavy atom. The number of nitrogens with one attached hydrogen (secondary N) is 2. The van der Waals surface area contributed by atoms with Crippen molar-refractivity contribution in [3.8, 4) is 0 Å². The van der Waals surface area contributed by atoms with Gasteiger partial charge in [-0.25, -0.2) is 0 Å². The van der Waals surface area contributed by atoms with Crippen molar-refractivity contribution in [1.29, 1.82) is 0 Å². The maximum atomic E-state index is 12.1. The quantitative estimate of drug-likeness (QED) is 0.721. The van der Waals surface area contributed by atoms with E-state index >= 15 is 0 Å². The minimum atomic E-state index is -0.300. The van der Waals surface area contributed by atoms with E-state index in [2.05, 4.69) is 10.6 Å². The Morgan fingerprint density at radius 1 is 1.35 bits per heavy atom. The van der Waals surface area contributed by atoms with Crippen LogP contribution in [0.5, 0.6) is 0 Å². The first kappa shape index (κ1) is 17.1. The van der Waals surface area contributed by atoms with Gasteiger partial charge in [0.05, 0.1) is 17.7 Å². The van der Waals surface area contributed by atoms with Gasteiger partial charge in [-0.05, 0) is 12.0 Å². The number of carbonyl (C=O) groups excluding carboxylic acids is 3. The van der Waals surface area contributed by atoms with Gasteiger partial charge in [0.2, 0.25) is 11.8 Å². The van der Waals surface area contributed by atoms with E-state index in [0.29, 0.717) is 37.7 Å².